The maximum absolute atomic E-state index is 12.6. The zero-order valence-corrected chi connectivity index (χ0v) is 6.05. The van der Waals surface area contributed by atoms with Crippen LogP contribution in [0.5, 0.6) is 5.75 Å². The summed E-state index contributed by atoms with van der Waals surface area (Å²) in [5, 5.41) is 9.10. The average molecular weight is 155 g/mol. The van der Waals surface area contributed by atoms with Crippen LogP contribution in [-0.4, -0.2) is 11.7 Å². The molecule has 3 heteroatoms. The molecule has 0 heterocycles. The molecule has 0 unspecified atom stereocenters. The van der Waals surface area contributed by atoms with E-state index in [1.54, 1.807) is 12.1 Å². The number of halogens is 1. The van der Waals surface area contributed by atoms with Gasteiger partial charge in [0.05, 0.1) is 0 Å². The first-order chi connectivity index (χ1) is 5.25. The van der Waals surface area contributed by atoms with Gasteiger partial charge in [0.2, 0.25) is 0 Å². The molecule has 0 spiro atoms. The number of phenols is 1. The molecule has 0 radical (unpaired) electrons. The van der Waals surface area contributed by atoms with Gasteiger partial charge in [0.1, 0.15) is 0 Å². The smallest absolute Gasteiger partial charge is 0.165 e. The van der Waals surface area contributed by atoms with Gasteiger partial charge in [-0.15, -0.1) is 0 Å². The van der Waals surface area contributed by atoms with Gasteiger partial charge in [-0.05, 0) is 24.6 Å². The van der Waals surface area contributed by atoms with Crippen LogP contribution in [0.3, 0.4) is 0 Å². The quantitative estimate of drug-likeness (QED) is 0.670. The largest absolute Gasteiger partial charge is 0.505 e. The number of phenolic OH excluding ortho intramolecular Hbond substituents is 1. The maximum Gasteiger partial charge on any atom is 0.165 e. The molecule has 3 N–H and O–H groups in total. The van der Waals surface area contributed by atoms with Gasteiger partial charge >= 0.3 is 0 Å². The fourth-order valence-corrected chi connectivity index (χ4v) is 0.917. The van der Waals surface area contributed by atoms with Gasteiger partial charge in [0.25, 0.3) is 0 Å². The van der Waals surface area contributed by atoms with Crippen molar-refractivity contribution >= 4 is 0 Å². The molecule has 0 aromatic heterocycles. The number of nitrogens with two attached hydrogens (primary N) is 1. The van der Waals surface area contributed by atoms with Crippen LogP contribution < -0.4 is 5.73 Å². The zero-order valence-electron chi connectivity index (χ0n) is 6.05. The highest BCUT2D eigenvalue weighted by Crippen LogP contribution is 2.20. The highest BCUT2D eigenvalue weighted by molar-refractivity contribution is 5.33. The van der Waals surface area contributed by atoms with E-state index in [2.05, 4.69) is 0 Å². The highest BCUT2D eigenvalue weighted by atomic mass is 19.1. The van der Waals surface area contributed by atoms with Gasteiger partial charge in [-0.25, -0.2) is 4.39 Å². The molecule has 0 fully saturated rings. The van der Waals surface area contributed by atoms with E-state index in [1.807, 2.05) is 0 Å². The summed E-state index contributed by atoms with van der Waals surface area (Å²) in [5.41, 5.74) is 5.81. The van der Waals surface area contributed by atoms with Crippen LogP contribution in [0.1, 0.15) is 5.56 Å². The van der Waals surface area contributed by atoms with Gasteiger partial charge in [0.15, 0.2) is 11.6 Å². The van der Waals surface area contributed by atoms with E-state index in [9.17, 15) is 4.39 Å². The van der Waals surface area contributed by atoms with Crippen LogP contribution in [0.15, 0.2) is 18.2 Å². The van der Waals surface area contributed by atoms with E-state index in [-0.39, 0.29) is 5.75 Å². The second-order valence-corrected chi connectivity index (χ2v) is 2.29. The molecule has 0 aliphatic carbocycles. The molecule has 0 aliphatic heterocycles. The summed E-state index contributed by atoms with van der Waals surface area (Å²) in [4.78, 5) is 0. The first kappa shape index (κ1) is 8.01. The predicted molar refractivity (Wildman–Crippen MR) is 40.8 cm³/mol. The van der Waals surface area contributed by atoms with Crippen LogP contribution in [0.2, 0.25) is 0 Å². The molecule has 0 aliphatic rings. The minimum absolute atomic E-state index is 0.280. The summed E-state index contributed by atoms with van der Waals surface area (Å²) in [6, 6.07) is 4.43. The van der Waals surface area contributed by atoms with Crippen LogP contribution in [0.4, 0.5) is 4.39 Å². The molecule has 0 saturated heterocycles. The Morgan fingerprint density at radius 3 is 2.82 bits per heavy atom. The molecule has 1 aromatic rings. The lowest BCUT2D eigenvalue weighted by molar-refractivity contribution is 0.426. The standard InChI is InChI=1S/C8H10FNO/c9-7-3-1-2-6(4-5-10)8(7)11/h1-3,11H,4-5,10H2. The lowest BCUT2D eigenvalue weighted by Crippen LogP contribution is -2.03. The van der Waals surface area contributed by atoms with Crippen molar-refractivity contribution in [2.45, 2.75) is 6.42 Å². The van der Waals surface area contributed by atoms with Crippen LogP contribution in [0, 0.1) is 5.82 Å². The number of hydrogen-bond donors (Lipinski definition) is 2. The Bertz CT molecular complexity index is 250. The molecule has 60 valence electrons. The third-order valence-corrected chi connectivity index (χ3v) is 1.48. The second kappa shape index (κ2) is 3.34. The van der Waals surface area contributed by atoms with E-state index >= 15 is 0 Å². The second-order valence-electron chi connectivity index (χ2n) is 2.29. The highest BCUT2D eigenvalue weighted by Gasteiger charge is 2.03. The van der Waals surface area contributed by atoms with Crippen LogP contribution in [-0.2, 0) is 6.42 Å². The van der Waals surface area contributed by atoms with Gasteiger partial charge in [-0.2, -0.15) is 0 Å². The van der Waals surface area contributed by atoms with Crippen molar-refractivity contribution in [3.05, 3.63) is 29.6 Å². The molecular formula is C8H10FNO. The Morgan fingerprint density at radius 1 is 1.45 bits per heavy atom. The van der Waals surface area contributed by atoms with E-state index in [1.165, 1.54) is 6.07 Å². The third-order valence-electron chi connectivity index (χ3n) is 1.48. The Hall–Kier alpha value is -1.09. The van der Waals surface area contributed by atoms with Crippen molar-refractivity contribution in [2.75, 3.05) is 6.54 Å². The summed E-state index contributed by atoms with van der Waals surface area (Å²) >= 11 is 0. The molecule has 0 amide bonds. The maximum atomic E-state index is 12.6. The van der Waals surface area contributed by atoms with Gasteiger partial charge in [0, 0.05) is 0 Å². The van der Waals surface area contributed by atoms with E-state index in [4.69, 9.17) is 10.8 Å². The van der Waals surface area contributed by atoms with Gasteiger partial charge in [-0.3, -0.25) is 0 Å². The molecular weight excluding hydrogens is 145 g/mol. The zero-order chi connectivity index (χ0) is 8.27. The average Bonchev–Trinajstić information content (AvgIpc) is 1.99. The minimum Gasteiger partial charge on any atom is -0.505 e. The SMILES string of the molecule is NCCc1cccc(F)c1O. The summed E-state index contributed by atoms with van der Waals surface area (Å²) in [6.45, 7) is 0.414. The van der Waals surface area contributed by atoms with E-state index in [0.717, 1.165) is 0 Å². The fourth-order valence-electron chi connectivity index (χ4n) is 0.917. The van der Waals surface area contributed by atoms with Crippen LogP contribution >= 0.6 is 0 Å². The van der Waals surface area contributed by atoms with E-state index in [0.29, 0.717) is 18.5 Å². The van der Waals surface area contributed by atoms with Crippen molar-refractivity contribution in [3.63, 3.8) is 0 Å². The van der Waals surface area contributed by atoms with Gasteiger partial charge < -0.3 is 10.8 Å². The Kier molecular flexibility index (Phi) is 2.44. The van der Waals surface area contributed by atoms with Crippen molar-refractivity contribution in [2.24, 2.45) is 5.73 Å². The first-order valence-electron chi connectivity index (χ1n) is 3.42. The van der Waals surface area contributed by atoms with Crippen molar-refractivity contribution in [3.8, 4) is 5.75 Å². The molecule has 0 saturated carbocycles. The number of benzene rings is 1. The predicted octanol–water partition coefficient (Wildman–Crippen LogP) is 1.03. The van der Waals surface area contributed by atoms with Crippen molar-refractivity contribution in [1.82, 2.24) is 0 Å². The molecule has 0 atom stereocenters. The summed E-state index contributed by atoms with van der Waals surface area (Å²) < 4.78 is 12.6. The molecule has 11 heavy (non-hydrogen) atoms. The Balaban J connectivity index is 2.96. The molecule has 2 nitrogen and oxygen atoms in total. The summed E-state index contributed by atoms with van der Waals surface area (Å²) in [6.07, 6.45) is 0.504. The van der Waals surface area contributed by atoms with E-state index < -0.39 is 5.82 Å². The number of hydrogen-bond acceptors (Lipinski definition) is 2. The molecule has 0 bridgehead atoms. The van der Waals surface area contributed by atoms with Crippen molar-refractivity contribution < 1.29 is 9.50 Å². The topological polar surface area (TPSA) is 46.2 Å². The number of aromatic hydroxyl groups is 1. The lowest BCUT2D eigenvalue weighted by Gasteiger charge is -2.01. The number of para-hydroxylation sites is 1. The summed E-state index contributed by atoms with van der Waals surface area (Å²) in [7, 11) is 0. The lowest BCUT2D eigenvalue weighted by atomic mass is 10.1. The van der Waals surface area contributed by atoms with Crippen LogP contribution in [0.25, 0.3) is 0 Å². The molecule has 1 rings (SSSR count). The fraction of sp³-hybridized carbons (Fsp3) is 0.250. The van der Waals surface area contributed by atoms with Gasteiger partial charge in [-0.1, -0.05) is 12.1 Å². The Labute approximate surface area is 64.5 Å². The van der Waals surface area contributed by atoms with Crippen molar-refractivity contribution in [1.29, 1.82) is 0 Å². The molecule has 1 aromatic carbocycles. The number of rotatable bonds is 2. The summed E-state index contributed by atoms with van der Waals surface area (Å²) in [5.74, 6) is -0.867. The third kappa shape index (κ3) is 1.68. The monoisotopic (exact) mass is 155 g/mol. The Morgan fingerprint density at radius 2 is 2.18 bits per heavy atom. The minimum atomic E-state index is -0.587. The first-order valence-corrected chi connectivity index (χ1v) is 3.42. The normalized spacial score (nSPS) is 10.0.